The van der Waals surface area contributed by atoms with Crippen LogP contribution < -0.4 is 14.4 Å². The zero-order valence-electron chi connectivity index (χ0n) is 25.0. The molecule has 1 saturated carbocycles. The summed E-state index contributed by atoms with van der Waals surface area (Å²) in [7, 11) is -4.16. The molecule has 10 heteroatoms. The van der Waals surface area contributed by atoms with Crippen LogP contribution in [-0.2, 0) is 26.2 Å². The second kappa shape index (κ2) is 14.8. The summed E-state index contributed by atoms with van der Waals surface area (Å²) in [6.07, 6.45) is 5.08. The maximum atomic E-state index is 14.1. The molecule has 1 atom stereocenters. The molecule has 3 aromatic rings. The van der Waals surface area contributed by atoms with Gasteiger partial charge in [-0.05, 0) is 87.7 Å². The van der Waals surface area contributed by atoms with E-state index in [0.717, 1.165) is 47.5 Å². The lowest BCUT2D eigenvalue weighted by Crippen LogP contribution is -2.53. The molecule has 0 heterocycles. The SMILES string of the molecule is CCOc1ccc(S(=O)(=O)N(CC(=O)N(Cc2ccc(Cl)cc2)[C@H](C)C(=O)NC2CCCCC2)c2ccc(C)cc2)cc1. The van der Waals surface area contributed by atoms with Gasteiger partial charge in [0.2, 0.25) is 11.8 Å². The summed E-state index contributed by atoms with van der Waals surface area (Å²) >= 11 is 6.09. The van der Waals surface area contributed by atoms with E-state index in [0.29, 0.717) is 23.1 Å². The van der Waals surface area contributed by atoms with Gasteiger partial charge in [0.1, 0.15) is 18.3 Å². The number of amides is 2. The second-order valence-corrected chi connectivity index (χ2v) is 13.2. The fourth-order valence-corrected chi connectivity index (χ4v) is 6.72. The monoisotopic (exact) mass is 625 g/mol. The van der Waals surface area contributed by atoms with E-state index in [1.807, 2.05) is 13.8 Å². The smallest absolute Gasteiger partial charge is 0.264 e. The molecule has 43 heavy (non-hydrogen) atoms. The first kappa shape index (κ1) is 32.4. The first-order valence-corrected chi connectivity index (χ1v) is 16.6. The number of hydrogen-bond donors (Lipinski definition) is 1. The van der Waals surface area contributed by atoms with Gasteiger partial charge in [0, 0.05) is 17.6 Å². The van der Waals surface area contributed by atoms with Crippen LogP contribution in [-0.4, -0.2) is 50.4 Å². The van der Waals surface area contributed by atoms with E-state index in [9.17, 15) is 18.0 Å². The lowest BCUT2D eigenvalue weighted by atomic mass is 9.95. The van der Waals surface area contributed by atoms with Gasteiger partial charge in [-0.25, -0.2) is 8.42 Å². The number of carbonyl (C=O) groups excluding carboxylic acids is 2. The Bertz CT molecular complexity index is 1470. The molecule has 2 amide bonds. The Kier molecular flexibility index (Phi) is 11.1. The Morgan fingerprint density at radius 3 is 2.19 bits per heavy atom. The lowest BCUT2D eigenvalue weighted by Gasteiger charge is -2.33. The number of rotatable bonds is 12. The highest BCUT2D eigenvalue weighted by Gasteiger charge is 2.33. The number of nitrogens with zero attached hydrogens (tertiary/aromatic N) is 2. The zero-order chi connectivity index (χ0) is 31.0. The zero-order valence-corrected chi connectivity index (χ0v) is 26.5. The van der Waals surface area contributed by atoms with E-state index in [-0.39, 0.29) is 23.4 Å². The van der Waals surface area contributed by atoms with Crippen molar-refractivity contribution in [3.05, 3.63) is 88.9 Å². The Morgan fingerprint density at radius 1 is 0.953 bits per heavy atom. The number of benzene rings is 3. The molecule has 8 nitrogen and oxygen atoms in total. The van der Waals surface area contributed by atoms with E-state index < -0.39 is 28.5 Å². The number of halogens is 1. The van der Waals surface area contributed by atoms with Gasteiger partial charge in [-0.15, -0.1) is 0 Å². The molecule has 0 aromatic heterocycles. The maximum Gasteiger partial charge on any atom is 0.264 e. The van der Waals surface area contributed by atoms with Crippen LogP contribution in [0.1, 0.15) is 57.1 Å². The molecule has 4 rings (SSSR count). The quantitative estimate of drug-likeness (QED) is 0.262. The van der Waals surface area contributed by atoms with Gasteiger partial charge >= 0.3 is 0 Å². The lowest BCUT2D eigenvalue weighted by molar-refractivity contribution is -0.139. The predicted octanol–water partition coefficient (Wildman–Crippen LogP) is 6.11. The average molecular weight is 626 g/mol. The highest BCUT2D eigenvalue weighted by atomic mass is 35.5. The second-order valence-electron chi connectivity index (χ2n) is 10.9. The highest BCUT2D eigenvalue weighted by Crippen LogP contribution is 2.27. The van der Waals surface area contributed by atoms with Gasteiger partial charge in [-0.3, -0.25) is 13.9 Å². The van der Waals surface area contributed by atoms with Crippen LogP contribution in [0.15, 0.2) is 77.7 Å². The third-order valence-corrected chi connectivity index (χ3v) is 9.75. The minimum absolute atomic E-state index is 0.0247. The molecule has 1 fully saturated rings. The Hall–Kier alpha value is -3.56. The number of anilines is 1. The van der Waals surface area contributed by atoms with Crippen LogP contribution in [0.5, 0.6) is 5.75 Å². The van der Waals surface area contributed by atoms with Crippen molar-refractivity contribution in [1.29, 1.82) is 0 Å². The normalized spacial score (nSPS) is 14.5. The number of aryl methyl sites for hydroxylation is 1. The molecule has 0 bridgehead atoms. The van der Waals surface area contributed by atoms with Crippen molar-refractivity contribution < 1.29 is 22.7 Å². The molecule has 0 aliphatic heterocycles. The van der Waals surface area contributed by atoms with Crippen molar-refractivity contribution >= 4 is 39.1 Å². The number of carbonyl (C=O) groups is 2. The van der Waals surface area contributed by atoms with Crippen molar-refractivity contribution in [3.8, 4) is 5.75 Å². The van der Waals surface area contributed by atoms with Crippen molar-refractivity contribution in [2.75, 3.05) is 17.5 Å². The van der Waals surface area contributed by atoms with Gasteiger partial charge in [0.15, 0.2) is 0 Å². The number of hydrogen-bond acceptors (Lipinski definition) is 5. The van der Waals surface area contributed by atoms with Crippen LogP contribution in [0.25, 0.3) is 0 Å². The maximum absolute atomic E-state index is 14.1. The van der Waals surface area contributed by atoms with Crippen LogP contribution in [0, 0.1) is 6.92 Å². The van der Waals surface area contributed by atoms with E-state index >= 15 is 0 Å². The summed E-state index contributed by atoms with van der Waals surface area (Å²) in [5.41, 5.74) is 2.07. The van der Waals surface area contributed by atoms with Crippen molar-refractivity contribution in [1.82, 2.24) is 10.2 Å². The first-order valence-electron chi connectivity index (χ1n) is 14.7. The van der Waals surface area contributed by atoms with E-state index in [1.165, 1.54) is 17.0 Å². The summed E-state index contributed by atoms with van der Waals surface area (Å²) in [6.45, 7) is 5.50. The van der Waals surface area contributed by atoms with E-state index in [2.05, 4.69) is 5.32 Å². The Labute approximate surface area is 260 Å². The van der Waals surface area contributed by atoms with Gasteiger partial charge in [-0.1, -0.05) is 60.7 Å². The molecule has 1 aliphatic rings. The molecule has 0 radical (unpaired) electrons. The van der Waals surface area contributed by atoms with Crippen LogP contribution in [0.3, 0.4) is 0 Å². The number of sulfonamides is 1. The number of ether oxygens (including phenoxy) is 1. The van der Waals surface area contributed by atoms with Crippen molar-refractivity contribution in [2.24, 2.45) is 0 Å². The molecule has 3 aromatic carbocycles. The first-order chi connectivity index (χ1) is 20.6. The molecule has 0 unspecified atom stereocenters. The standard InChI is InChI=1S/C33H40ClN3O5S/c1-4-42-30-18-20-31(21-19-30)43(40,41)37(29-16-10-24(2)11-17-29)23-32(38)36(22-26-12-14-27(34)15-13-26)25(3)33(39)35-28-8-6-5-7-9-28/h10-21,25,28H,4-9,22-23H2,1-3H3,(H,35,39)/t25-/m1/s1. The Morgan fingerprint density at radius 2 is 1.58 bits per heavy atom. The van der Waals surface area contributed by atoms with E-state index in [1.54, 1.807) is 67.6 Å². The highest BCUT2D eigenvalue weighted by molar-refractivity contribution is 7.92. The van der Waals surface area contributed by atoms with Crippen LogP contribution in [0.4, 0.5) is 5.69 Å². The fourth-order valence-electron chi connectivity index (χ4n) is 5.18. The molecule has 1 aliphatic carbocycles. The minimum atomic E-state index is -4.16. The molecule has 0 saturated heterocycles. The van der Waals surface area contributed by atoms with Gasteiger partial charge in [0.05, 0.1) is 17.2 Å². The fraction of sp³-hybridized carbons (Fsp3) is 0.394. The van der Waals surface area contributed by atoms with Gasteiger partial charge in [-0.2, -0.15) is 0 Å². The van der Waals surface area contributed by atoms with Crippen molar-refractivity contribution in [3.63, 3.8) is 0 Å². The molecule has 230 valence electrons. The van der Waals surface area contributed by atoms with Crippen molar-refractivity contribution in [2.45, 2.75) is 76.4 Å². The molecular weight excluding hydrogens is 586 g/mol. The summed E-state index contributed by atoms with van der Waals surface area (Å²) in [5, 5.41) is 3.67. The number of nitrogens with one attached hydrogen (secondary N) is 1. The van der Waals surface area contributed by atoms with Crippen LogP contribution in [0.2, 0.25) is 5.02 Å². The van der Waals surface area contributed by atoms with Crippen LogP contribution >= 0.6 is 11.6 Å². The third kappa shape index (κ3) is 8.51. The Balaban J connectivity index is 1.66. The third-order valence-electron chi connectivity index (χ3n) is 7.71. The van der Waals surface area contributed by atoms with Gasteiger partial charge in [0.25, 0.3) is 10.0 Å². The summed E-state index contributed by atoms with van der Waals surface area (Å²) in [5.74, 6) is -0.215. The predicted molar refractivity (Wildman–Crippen MR) is 170 cm³/mol. The molecular formula is C33H40ClN3O5S. The minimum Gasteiger partial charge on any atom is -0.494 e. The molecule has 0 spiro atoms. The van der Waals surface area contributed by atoms with Gasteiger partial charge < -0.3 is 15.0 Å². The summed E-state index contributed by atoms with van der Waals surface area (Å²) in [4.78, 5) is 29.0. The molecule has 1 N–H and O–H groups in total. The average Bonchev–Trinajstić information content (AvgIpc) is 3.00. The summed E-state index contributed by atoms with van der Waals surface area (Å²) in [6, 6.07) is 19.3. The van der Waals surface area contributed by atoms with E-state index in [4.69, 9.17) is 16.3 Å². The topological polar surface area (TPSA) is 96.0 Å². The largest absolute Gasteiger partial charge is 0.494 e. The summed E-state index contributed by atoms with van der Waals surface area (Å²) < 4.78 is 34.6.